The van der Waals surface area contributed by atoms with Crippen molar-refractivity contribution in [2.75, 3.05) is 12.8 Å². The van der Waals surface area contributed by atoms with Crippen molar-refractivity contribution in [3.05, 3.63) is 59.3 Å². The summed E-state index contributed by atoms with van der Waals surface area (Å²) >= 11 is 0. The Morgan fingerprint density at radius 1 is 1.12 bits per heavy atom. The van der Waals surface area contributed by atoms with Gasteiger partial charge in [0.1, 0.15) is 5.75 Å². The summed E-state index contributed by atoms with van der Waals surface area (Å²) in [6.07, 6.45) is 4.96. The summed E-state index contributed by atoms with van der Waals surface area (Å²) < 4.78 is 5.42. The Kier molecular flexibility index (Phi) is 4.73. The number of nitrogens with one attached hydrogen (secondary N) is 1. The molecule has 0 bridgehead atoms. The fourth-order valence-corrected chi connectivity index (χ4v) is 3.37. The van der Waals surface area contributed by atoms with Gasteiger partial charge in [0.15, 0.2) is 0 Å². The molecule has 4 heteroatoms. The van der Waals surface area contributed by atoms with Crippen LogP contribution in [0.25, 0.3) is 10.9 Å². The molecule has 132 valence electrons. The maximum atomic E-state index is 10.4. The molecule has 0 spiro atoms. The van der Waals surface area contributed by atoms with E-state index in [0.717, 1.165) is 41.8 Å². The molecule has 0 unspecified atom stereocenters. The molecule has 0 aliphatic carbocycles. The molecule has 4 nitrogen and oxygen atoms in total. The normalized spacial score (nSPS) is 11.8. The van der Waals surface area contributed by atoms with Gasteiger partial charge in [-0.15, -0.1) is 0 Å². The summed E-state index contributed by atoms with van der Waals surface area (Å²) in [5, 5.41) is 11.5. The lowest BCUT2D eigenvalue weighted by atomic mass is 9.95. The first kappa shape index (κ1) is 17.4. The number of benzene rings is 2. The Morgan fingerprint density at radius 3 is 2.60 bits per heavy atom. The topological polar surface area (TPSA) is 71.3 Å². The van der Waals surface area contributed by atoms with Gasteiger partial charge in [-0.25, -0.2) is 0 Å². The summed E-state index contributed by atoms with van der Waals surface area (Å²) in [6, 6.07) is 11.9. The Hall–Kier alpha value is -2.46. The molecular formula is C21H26N2O2. The summed E-state index contributed by atoms with van der Waals surface area (Å²) in [6.45, 7) is 3.63. The van der Waals surface area contributed by atoms with Gasteiger partial charge in [0.2, 0.25) is 0 Å². The highest BCUT2D eigenvalue weighted by atomic mass is 16.5. The molecule has 3 aromatic rings. The molecule has 1 aromatic heterocycles. The standard InChI is InChI=1S/C21H26N2O2/c1-21(2,24)18-9-5-8-17-15(13-23-20(17)18)7-4-6-14-10-11-16(22)12-19(14)25-3/h5,8-13,23-24H,4,6-7,22H2,1-3H3. The number of hydrogen-bond acceptors (Lipinski definition) is 3. The summed E-state index contributed by atoms with van der Waals surface area (Å²) in [4.78, 5) is 3.34. The number of nitrogens with two attached hydrogens (primary N) is 1. The van der Waals surface area contributed by atoms with Gasteiger partial charge in [-0.1, -0.05) is 24.3 Å². The quantitative estimate of drug-likeness (QED) is 0.591. The van der Waals surface area contributed by atoms with Crippen LogP contribution in [-0.4, -0.2) is 17.2 Å². The Morgan fingerprint density at radius 2 is 1.88 bits per heavy atom. The number of aryl methyl sites for hydroxylation is 2. The van der Waals surface area contributed by atoms with Gasteiger partial charge >= 0.3 is 0 Å². The first-order valence-electron chi connectivity index (χ1n) is 8.64. The Labute approximate surface area is 148 Å². The van der Waals surface area contributed by atoms with E-state index >= 15 is 0 Å². The number of aromatic nitrogens is 1. The van der Waals surface area contributed by atoms with Gasteiger partial charge in [0.05, 0.1) is 18.2 Å². The second-order valence-corrected chi connectivity index (χ2v) is 7.03. The van der Waals surface area contributed by atoms with Crippen molar-refractivity contribution in [1.29, 1.82) is 0 Å². The van der Waals surface area contributed by atoms with Crippen molar-refractivity contribution in [2.45, 2.75) is 38.7 Å². The number of rotatable bonds is 6. The summed E-state index contributed by atoms with van der Waals surface area (Å²) in [5.41, 5.74) is 10.1. The van der Waals surface area contributed by atoms with Crippen LogP contribution in [0, 0.1) is 0 Å². The predicted octanol–water partition coefficient (Wildman–Crippen LogP) is 4.16. The second kappa shape index (κ2) is 6.81. The van der Waals surface area contributed by atoms with Crippen LogP contribution < -0.4 is 10.5 Å². The first-order valence-corrected chi connectivity index (χ1v) is 8.64. The van der Waals surface area contributed by atoms with Crippen LogP contribution in [0.2, 0.25) is 0 Å². The van der Waals surface area contributed by atoms with Crippen LogP contribution in [0.15, 0.2) is 42.6 Å². The molecular weight excluding hydrogens is 312 g/mol. The number of H-pyrrole nitrogens is 1. The molecule has 0 fully saturated rings. The molecule has 0 aliphatic heterocycles. The third-order valence-electron chi connectivity index (χ3n) is 4.66. The highest BCUT2D eigenvalue weighted by molar-refractivity contribution is 5.86. The third kappa shape index (κ3) is 3.64. The van der Waals surface area contributed by atoms with Gasteiger partial charge < -0.3 is 20.6 Å². The van der Waals surface area contributed by atoms with E-state index in [-0.39, 0.29) is 0 Å². The van der Waals surface area contributed by atoms with Gasteiger partial charge in [-0.3, -0.25) is 0 Å². The van der Waals surface area contributed by atoms with Crippen LogP contribution in [0.3, 0.4) is 0 Å². The zero-order valence-corrected chi connectivity index (χ0v) is 15.1. The van der Waals surface area contributed by atoms with E-state index in [9.17, 15) is 5.11 Å². The fraction of sp³-hybridized carbons (Fsp3) is 0.333. The number of aromatic amines is 1. The minimum absolute atomic E-state index is 0.719. The van der Waals surface area contributed by atoms with Gasteiger partial charge in [0, 0.05) is 28.9 Å². The van der Waals surface area contributed by atoms with Crippen LogP contribution in [-0.2, 0) is 18.4 Å². The van der Waals surface area contributed by atoms with E-state index in [1.54, 1.807) is 7.11 Å². The number of methoxy groups -OCH3 is 1. The van der Waals surface area contributed by atoms with E-state index in [1.165, 1.54) is 16.5 Å². The maximum Gasteiger partial charge on any atom is 0.124 e. The first-order chi connectivity index (χ1) is 11.9. The Bertz CT molecular complexity index is 875. The molecule has 0 atom stereocenters. The molecule has 0 aliphatic rings. The SMILES string of the molecule is COc1cc(N)ccc1CCCc1c[nH]c2c(C(C)(C)O)cccc12. The average molecular weight is 338 g/mol. The van der Waals surface area contributed by atoms with Crippen LogP contribution in [0.1, 0.15) is 37.0 Å². The van der Waals surface area contributed by atoms with E-state index in [4.69, 9.17) is 10.5 Å². The van der Waals surface area contributed by atoms with Gasteiger partial charge in [0.25, 0.3) is 0 Å². The van der Waals surface area contributed by atoms with Gasteiger partial charge in [-0.05, 0) is 50.3 Å². The maximum absolute atomic E-state index is 10.4. The number of nitrogen functional groups attached to an aromatic ring is 1. The van der Waals surface area contributed by atoms with Crippen molar-refractivity contribution in [2.24, 2.45) is 0 Å². The third-order valence-corrected chi connectivity index (χ3v) is 4.66. The molecule has 0 amide bonds. The number of aliphatic hydroxyl groups is 1. The molecule has 4 N–H and O–H groups in total. The lowest BCUT2D eigenvalue weighted by molar-refractivity contribution is 0.0800. The molecule has 3 rings (SSSR count). The van der Waals surface area contributed by atoms with E-state index in [2.05, 4.69) is 17.2 Å². The fourth-order valence-electron chi connectivity index (χ4n) is 3.37. The number of hydrogen-bond donors (Lipinski definition) is 3. The predicted molar refractivity (Wildman–Crippen MR) is 103 cm³/mol. The zero-order valence-electron chi connectivity index (χ0n) is 15.1. The van der Waals surface area contributed by atoms with Crippen LogP contribution >= 0.6 is 0 Å². The lowest BCUT2D eigenvalue weighted by Gasteiger charge is -2.18. The van der Waals surface area contributed by atoms with E-state index in [0.29, 0.717) is 0 Å². The minimum atomic E-state index is -0.862. The molecule has 1 heterocycles. The smallest absolute Gasteiger partial charge is 0.124 e. The van der Waals surface area contributed by atoms with Crippen molar-refractivity contribution >= 4 is 16.6 Å². The number of fused-ring (bicyclic) bond motifs is 1. The summed E-state index contributed by atoms with van der Waals surface area (Å²) in [5.74, 6) is 0.850. The van der Waals surface area contributed by atoms with Crippen LogP contribution in [0.4, 0.5) is 5.69 Å². The largest absolute Gasteiger partial charge is 0.496 e. The Balaban J connectivity index is 1.77. The molecule has 2 aromatic carbocycles. The average Bonchev–Trinajstić information content (AvgIpc) is 2.98. The molecule has 0 saturated heterocycles. The monoisotopic (exact) mass is 338 g/mol. The van der Waals surface area contributed by atoms with Crippen molar-refractivity contribution in [3.8, 4) is 5.75 Å². The zero-order chi connectivity index (χ0) is 18.0. The highest BCUT2D eigenvalue weighted by Crippen LogP contribution is 2.30. The van der Waals surface area contributed by atoms with Gasteiger partial charge in [-0.2, -0.15) is 0 Å². The van der Waals surface area contributed by atoms with E-state index < -0.39 is 5.60 Å². The molecule has 25 heavy (non-hydrogen) atoms. The summed E-state index contributed by atoms with van der Waals surface area (Å²) in [7, 11) is 1.68. The van der Waals surface area contributed by atoms with Crippen molar-refractivity contribution in [3.63, 3.8) is 0 Å². The van der Waals surface area contributed by atoms with Crippen LogP contribution in [0.5, 0.6) is 5.75 Å². The lowest BCUT2D eigenvalue weighted by Crippen LogP contribution is -2.15. The molecule has 0 radical (unpaired) electrons. The van der Waals surface area contributed by atoms with E-state index in [1.807, 2.05) is 44.2 Å². The highest BCUT2D eigenvalue weighted by Gasteiger charge is 2.20. The van der Waals surface area contributed by atoms with Crippen molar-refractivity contribution in [1.82, 2.24) is 4.98 Å². The second-order valence-electron chi connectivity index (χ2n) is 7.03. The van der Waals surface area contributed by atoms with Crippen molar-refractivity contribution < 1.29 is 9.84 Å². The number of para-hydroxylation sites is 1. The number of ether oxygens (including phenoxy) is 1. The molecule has 0 saturated carbocycles. The minimum Gasteiger partial charge on any atom is -0.496 e. The number of anilines is 1.